The fourth-order valence-corrected chi connectivity index (χ4v) is 3.33. The summed E-state index contributed by atoms with van der Waals surface area (Å²) in [5.74, 6) is 0.904. The standard InChI is InChI=1S/C19H30N2O2/c1-21(17-11-6-4-3-5-7-12-17)15-19(22)20-14-16-10-8-9-13-18(16)23-2/h8-10,13,17H,3-7,11-12,14-15H2,1-2H3,(H,20,22). The molecule has 1 amide bonds. The van der Waals surface area contributed by atoms with E-state index in [1.165, 1.54) is 44.9 Å². The third kappa shape index (κ3) is 5.87. The molecule has 23 heavy (non-hydrogen) atoms. The number of ether oxygens (including phenoxy) is 1. The number of benzene rings is 1. The van der Waals surface area contributed by atoms with Crippen LogP contribution >= 0.6 is 0 Å². The summed E-state index contributed by atoms with van der Waals surface area (Å²) in [6.45, 7) is 0.987. The van der Waals surface area contributed by atoms with Crippen molar-refractivity contribution in [2.75, 3.05) is 20.7 Å². The molecule has 128 valence electrons. The van der Waals surface area contributed by atoms with Crippen molar-refractivity contribution in [3.63, 3.8) is 0 Å². The molecule has 1 N–H and O–H groups in total. The van der Waals surface area contributed by atoms with E-state index >= 15 is 0 Å². The van der Waals surface area contributed by atoms with Crippen molar-refractivity contribution in [2.45, 2.75) is 57.5 Å². The van der Waals surface area contributed by atoms with Gasteiger partial charge in [-0.2, -0.15) is 0 Å². The van der Waals surface area contributed by atoms with Gasteiger partial charge in [0.1, 0.15) is 5.75 Å². The Morgan fingerprint density at radius 1 is 1.17 bits per heavy atom. The van der Waals surface area contributed by atoms with Gasteiger partial charge in [0.2, 0.25) is 5.91 Å². The molecule has 1 aromatic carbocycles. The molecule has 4 nitrogen and oxygen atoms in total. The second-order valence-electron chi connectivity index (χ2n) is 6.50. The highest BCUT2D eigenvalue weighted by Crippen LogP contribution is 2.20. The van der Waals surface area contributed by atoms with E-state index in [2.05, 4.69) is 17.3 Å². The topological polar surface area (TPSA) is 41.6 Å². The summed E-state index contributed by atoms with van der Waals surface area (Å²) in [5, 5.41) is 3.01. The number of hydrogen-bond donors (Lipinski definition) is 1. The van der Waals surface area contributed by atoms with Crippen LogP contribution in [-0.4, -0.2) is 37.6 Å². The first kappa shape index (κ1) is 17.8. The zero-order valence-corrected chi connectivity index (χ0v) is 14.5. The fraction of sp³-hybridized carbons (Fsp3) is 0.632. The van der Waals surface area contributed by atoms with Crippen LogP contribution in [0.5, 0.6) is 5.75 Å². The molecule has 0 saturated heterocycles. The Kier molecular flexibility index (Phi) is 7.40. The van der Waals surface area contributed by atoms with Crippen LogP contribution in [0.2, 0.25) is 0 Å². The first-order valence-electron chi connectivity index (χ1n) is 8.79. The lowest BCUT2D eigenvalue weighted by molar-refractivity contribution is -0.122. The van der Waals surface area contributed by atoms with Gasteiger partial charge in [0.15, 0.2) is 0 Å². The van der Waals surface area contributed by atoms with Gasteiger partial charge in [0.25, 0.3) is 0 Å². The molecule has 0 heterocycles. The van der Waals surface area contributed by atoms with Gasteiger partial charge in [-0.05, 0) is 26.0 Å². The summed E-state index contributed by atoms with van der Waals surface area (Å²) >= 11 is 0. The predicted molar refractivity (Wildman–Crippen MR) is 93.6 cm³/mol. The van der Waals surface area contributed by atoms with Crippen LogP contribution in [0.1, 0.15) is 50.5 Å². The largest absolute Gasteiger partial charge is 0.496 e. The highest BCUT2D eigenvalue weighted by Gasteiger charge is 2.18. The minimum Gasteiger partial charge on any atom is -0.496 e. The van der Waals surface area contributed by atoms with Gasteiger partial charge < -0.3 is 10.1 Å². The summed E-state index contributed by atoms with van der Waals surface area (Å²) in [7, 11) is 3.73. The van der Waals surface area contributed by atoms with Crippen LogP contribution in [0.15, 0.2) is 24.3 Å². The number of carbonyl (C=O) groups excluding carboxylic acids is 1. The summed E-state index contributed by atoms with van der Waals surface area (Å²) in [5.41, 5.74) is 1.01. The molecule has 0 radical (unpaired) electrons. The van der Waals surface area contributed by atoms with Crippen LogP contribution in [0, 0.1) is 0 Å². The molecule has 0 aliphatic heterocycles. The van der Waals surface area contributed by atoms with Gasteiger partial charge in [-0.1, -0.05) is 50.3 Å². The van der Waals surface area contributed by atoms with Crippen LogP contribution in [0.25, 0.3) is 0 Å². The van der Waals surface area contributed by atoms with E-state index in [0.29, 0.717) is 19.1 Å². The molecule has 1 aliphatic carbocycles. The number of methoxy groups -OCH3 is 1. The van der Waals surface area contributed by atoms with Crippen LogP contribution < -0.4 is 10.1 Å². The Balaban J connectivity index is 1.79. The van der Waals surface area contributed by atoms with Crippen molar-refractivity contribution in [1.82, 2.24) is 10.2 Å². The number of rotatable bonds is 6. The molecule has 0 unspecified atom stereocenters. The van der Waals surface area contributed by atoms with Crippen LogP contribution in [0.4, 0.5) is 0 Å². The number of carbonyl (C=O) groups is 1. The number of nitrogens with zero attached hydrogens (tertiary/aromatic N) is 1. The Bertz CT molecular complexity index is 482. The van der Waals surface area contributed by atoms with Crippen molar-refractivity contribution in [3.05, 3.63) is 29.8 Å². The van der Waals surface area contributed by atoms with Gasteiger partial charge in [-0.15, -0.1) is 0 Å². The molecule has 0 atom stereocenters. The van der Waals surface area contributed by atoms with Gasteiger partial charge in [-0.3, -0.25) is 9.69 Å². The lowest BCUT2D eigenvalue weighted by Gasteiger charge is -2.29. The van der Waals surface area contributed by atoms with Crippen LogP contribution in [-0.2, 0) is 11.3 Å². The summed E-state index contributed by atoms with van der Waals surface area (Å²) < 4.78 is 5.32. The summed E-state index contributed by atoms with van der Waals surface area (Å²) in [4.78, 5) is 14.5. The van der Waals surface area contributed by atoms with Crippen molar-refractivity contribution < 1.29 is 9.53 Å². The zero-order valence-electron chi connectivity index (χ0n) is 14.5. The van der Waals surface area contributed by atoms with Gasteiger partial charge in [0, 0.05) is 18.2 Å². The van der Waals surface area contributed by atoms with Crippen molar-refractivity contribution >= 4 is 5.91 Å². The maximum absolute atomic E-state index is 12.2. The molecule has 1 saturated carbocycles. The monoisotopic (exact) mass is 318 g/mol. The maximum atomic E-state index is 12.2. The van der Waals surface area contributed by atoms with E-state index < -0.39 is 0 Å². The Labute approximate surface area is 140 Å². The van der Waals surface area contributed by atoms with E-state index in [-0.39, 0.29) is 5.91 Å². The minimum absolute atomic E-state index is 0.0838. The predicted octanol–water partition coefficient (Wildman–Crippen LogP) is 3.36. The molecule has 2 rings (SSSR count). The fourth-order valence-electron chi connectivity index (χ4n) is 3.33. The summed E-state index contributed by atoms with van der Waals surface area (Å²) in [6, 6.07) is 8.35. The van der Waals surface area contributed by atoms with Gasteiger partial charge in [-0.25, -0.2) is 0 Å². The first-order chi connectivity index (χ1) is 11.2. The normalized spacial score (nSPS) is 16.7. The highest BCUT2D eigenvalue weighted by atomic mass is 16.5. The van der Waals surface area contributed by atoms with E-state index in [9.17, 15) is 4.79 Å². The van der Waals surface area contributed by atoms with Gasteiger partial charge in [0.05, 0.1) is 13.7 Å². The average Bonchev–Trinajstić information content (AvgIpc) is 2.52. The van der Waals surface area contributed by atoms with E-state index in [0.717, 1.165) is 11.3 Å². The summed E-state index contributed by atoms with van der Waals surface area (Å²) in [6.07, 6.45) is 9.06. The first-order valence-corrected chi connectivity index (χ1v) is 8.79. The number of likely N-dealkylation sites (N-methyl/N-ethyl adjacent to an activating group) is 1. The number of para-hydroxylation sites is 1. The molecule has 1 aromatic rings. The minimum atomic E-state index is 0.0838. The van der Waals surface area contributed by atoms with Crippen molar-refractivity contribution in [1.29, 1.82) is 0 Å². The Hall–Kier alpha value is -1.55. The zero-order chi connectivity index (χ0) is 16.5. The molecule has 0 spiro atoms. The molecule has 1 aliphatic rings. The molecule has 0 bridgehead atoms. The third-order valence-corrected chi connectivity index (χ3v) is 4.76. The second kappa shape index (κ2) is 9.56. The van der Waals surface area contributed by atoms with Crippen molar-refractivity contribution in [3.8, 4) is 5.75 Å². The highest BCUT2D eigenvalue weighted by molar-refractivity contribution is 5.78. The lowest BCUT2D eigenvalue weighted by Crippen LogP contribution is -2.40. The SMILES string of the molecule is COc1ccccc1CNC(=O)CN(C)C1CCCCCCC1. The van der Waals surface area contributed by atoms with E-state index in [1.54, 1.807) is 7.11 Å². The Morgan fingerprint density at radius 2 is 1.83 bits per heavy atom. The lowest BCUT2D eigenvalue weighted by atomic mass is 9.96. The second-order valence-corrected chi connectivity index (χ2v) is 6.50. The number of nitrogens with one attached hydrogen (secondary N) is 1. The van der Waals surface area contributed by atoms with E-state index in [1.807, 2.05) is 24.3 Å². The quantitative estimate of drug-likeness (QED) is 0.874. The maximum Gasteiger partial charge on any atom is 0.234 e. The smallest absolute Gasteiger partial charge is 0.234 e. The molecule has 1 fully saturated rings. The number of hydrogen-bond acceptors (Lipinski definition) is 3. The number of amides is 1. The molecule has 0 aromatic heterocycles. The van der Waals surface area contributed by atoms with Crippen molar-refractivity contribution in [2.24, 2.45) is 0 Å². The van der Waals surface area contributed by atoms with Crippen LogP contribution in [0.3, 0.4) is 0 Å². The molecule has 4 heteroatoms. The molecular weight excluding hydrogens is 288 g/mol. The van der Waals surface area contributed by atoms with E-state index in [4.69, 9.17) is 4.74 Å². The third-order valence-electron chi connectivity index (χ3n) is 4.76. The molecular formula is C19H30N2O2. The Morgan fingerprint density at radius 3 is 2.52 bits per heavy atom. The van der Waals surface area contributed by atoms with Gasteiger partial charge >= 0.3 is 0 Å². The average molecular weight is 318 g/mol.